The SMILES string of the molecule is Cc1c(O)ccc2ccc(S(=O)(=O)N(CC(=O)[O-])CC(=O)[O-])cc12.[Na+].[Na+]. The first-order valence-electron chi connectivity index (χ1n) is 6.75. The first kappa shape index (κ1) is 25.4. The van der Waals surface area contributed by atoms with Gasteiger partial charge in [0, 0.05) is 0 Å². The first-order valence-corrected chi connectivity index (χ1v) is 8.19. The molecule has 2 rings (SSSR count). The van der Waals surface area contributed by atoms with Crippen molar-refractivity contribution in [1.29, 1.82) is 0 Å². The number of aromatic hydroxyl groups is 1. The van der Waals surface area contributed by atoms with Gasteiger partial charge in [-0.3, -0.25) is 0 Å². The Kier molecular flexibility index (Phi) is 9.80. The first-order chi connectivity index (χ1) is 11.1. The third-order valence-corrected chi connectivity index (χ3v) is 5.27. The predicted molar refractivity (Wildman–Crippen MR) is 79.1 cm³/mol. The Labute approximate surface area is 194 Å². The van der Waals surface area contributed by atoms with Gasteiger partial charge in [0.1, 0.15) is 5.75 Å². The molecule has 2 aromatic carbocycles. The fourth-order valence-electron chi connectivity index (χ4n) is 2.26. The summed E-state index contributed by atoms with van der Waals surface area (Å²) in [5.74, 6) is -3.51. The van der Waals surface area contributed by atoms with Crippen LogP contribution in [-0.4, -0.2) is 42.9 Å². The number of fused-ring (bicyclic) bond motifs is 1. The summed E-state index contributed by atoms with van der Waals surface area (Å²) in [6.07, 6.45) is 0. The van der Waals surface area contributed by atoms with Gasteiger partial charge in [-0.1, -0.05) is 12.1 Å². The minimum absolute atomic E-state index is 0. The van der Waals surface area contributed by atoms with E-state index in [1.807, 2.05) is 0 Å². The van der Waals surface area contributed by atoms with Crippen LogP contribution in [0.25, 0.3) is 10.8 Å². The number of hydrogen-bond acceptors (Lipinski definition) is 7. The molecule has 0 aliphatic carbocycles. The molecule has 128 valence electrons. The molecule has 8 nitrogen and oxygen atoms in total. The standard InChI is InChI=1S/C15H15NO7S.2Na/c1-9-12-6-11(4-2-10(12)3-5-13(9)17)24(22,23)16(7-14(18)19)8-15(20)21;;/h2-6,17H,7-8H2,1H3,(H,18,19)(H,20,21);;/q;2*+1/p-2. The van der Waals surface area contributed by atoms with Crippen molar-refractivity contribution in [2.75, 3.05) is 13.1 Å². The topological polar surface area (TPSA) is 138 Å². The number of carboxylic acids is 2. The van der Waals surface area contributed by atoms with Gasteiger partial charge in [-0.25, -0.2) is 8.42 Å². The molecule has 0 fully saturated rings. The Morgan fingerprint density at radius 3 is 2.04 bits per heavy atom. The van der Waals surface area contributed by atoms with Crippen LogP contribution in [0.4, 0.5) is 0 Å². The number of sulfonamides is 1. The van der Waals surface area contributed by atoms with Crippen LogP contribution in [0.3, 0.4) is 0 Å². The van der Waals surface area contributed by atoms with Crippen LogP contribution in [0.1, 0.15) is 5.56 Å². The van der Waals surface area contributed by atoms with Gasteiger partial charge >= 0.3 is 59.1 Å². The average molecular weight is 397 g/mol. The van der Waals surface area contributed by atoms with Gasteiger partial charge in [-0.2, -0.15) is 4.31 Å². The summed E-state index contributed by atoms with van der Waals surface area (Å²) in [6.45, 7) is -0.644. The Hall–Kier alpha value is -0.650. The molecule has 26 heavy (non-hydrogen) atoms. The van der Waals surface area contributed by atoms with Crippen LogP contribution in [-0.2, 0) is 19.6 Å². The van der Waals surface area contributed by atoms with Crippen molar-refractivity contribution in [2.24, 2.45) is 0 Å². The van der Waals surface area contributed by atoms with Crippen LogP contribution < -0.4 is 69.3 Å². The van der Waals surface area contributed by atoms with Crippen LogP contribution in [0.2, 0.25) is 0 Å². The maximum absolute atomic E-state index is 12.5. The number of rotatable bonds is 6. The van der Waals surface area contributed by atoms with Crippen LogP contribution >= 0.6 is 0 Å². The second kappa shape index (κ2) is 10.0. The minimum atomic E-state index is -4.40. The summed E-state index contributed by atoms with van der Waals surface area (Å²) in [4.78, 5) is 21.1. The van der Waals surface area contributed by atoms with Gasteiger partial charge in [0.25, 0.3) is 0 Å². The zero-order chi connectivity index (χ0) is 18.1. The molecule has 0 aliphatic heterocycles. The zero-order valence-corrected chi connectivity index (χ0v) is 19.4. The molecule has 0 aromatic heterocycles. The van der Waals surface area contributed by atoms with Crippen LogP contribution in [0.5, 0.6) is 5.75 Å². The molecule has 0 spiro atoms. The van der Waals surface area contributed by atoms with E-state index in [0.717, 1.165) is 0 Å². The summed E-state index contributed by atoms with van der Waals surface area (Å²) < 4.78 is 25.3. The normalized spacial score (nSPS) is 10.8. The van der Waals surface area contributed by atoms with Gasteiger partial charge in [0.2, 0.25) is 10.0 Å². The maximum Gasteiger partial charge on any atom is 1.00 e. The molecular weight excluding hydrogens is 384 g/mol. The molecule has 0 amide bonds. The van der Waals surface area contributed by atoms with Gasteiger partial charge in [0.15, 0.2) is 0 Å². The Morgan fingerprint density at radius 1 is 1.04 bits per heavy atom. The molecule has 0 heterocycles. The van der Waals surface area contributed by atoms with Crippen LogP contribution in [0, 0.1) is 6.92 Å². The van der Waals surface area contributed by atoms with Crippen molar-refractivity contribution in [3.63, 3.8) is 0 Å². The van der Waals surface area contributed by atoms with E-state index in [1.165, 1.54) is 24.3 Å². The van der Waals surface area contributed by atoms with E-state index in [-0.39, 0.29) is 74.1 Å². The summed E-state index contributed by atoms with van der Waals surface area (Å²) in [6, 6.07) is 7.01. The second-order valence-electron chi connectivity index (χ2n) is 5.11. The fraction of sp³-hybridized carbons (Fsp3) is 0.200. The number of aryl methyl sites for hydroxylation is 1. The molecule has 11 heteroatoms. The quantitative estimate of drug-likeness (QED) is 0.478. The number of carboxylic acid groups (broad SMARTS) is 2. The molecule has 0 bridgehead atoms. The van der Waals surface area contributed by atoms with E-state index < -0.39 is 35.1 Å². The van der Waals surface area contributed by atoms with E-state index in [0.29, 0.717) is 16.3 Å². The van der Waals surface area contributed by atoms with Crippen molar-refractivity contribution in [2.45, 2.75) is 11.8 Å². The van der Waals surface area contributed by atoms with Crippen LogP contribution in [0.15, 0.2) is 35.2 Å². The van der Waals surface area contributed by atoms with Gasteiger partial charge in [-0.05, 0) is 41.5 Å². The number of nitrogens with zero attached hydrogens (tertiary/aromatic N) is 1. The third kappa shape index (κ3) is 5.67. The molecule has 0 radical (unpaired) electrons. The van der Waals surface area contributed by atoms with E-state index >= 15 is 0 Å². The monoisotopic (exact) mass is 397 g/mol. The maximum atomic E-state index is 12.5. The smallest absolute Gasteiger partial charge is 0.549 e. The van der Waals surface area contributed by atoms with Crippen molar-refractivity contribution < 1.29 is 92.4 Å². The third-order valence-electron chi connectivity index (χ3n) is 3.48. The van der Waals surface area contributed by atoms with E-state index in [9.17, 15) is 33.3 Å². The van der Waals surface area contributed by atoms with E-state index in [4.69, 9.17) is 0 Å². The fourth-order valence-corrected chi connectivity index (χ4v) is 3.62. The van der Waals surface area contributed by atoms with Crippen molar-refractivity contribution in [1.82, 2.24) is 4.31 Å². The number of aliphatic carboxylic acids is 2. The van der Waals surface area contributed by atoms with Crippen molar-refractivity contribution >= 4 is 32.7 Å². The predicted octanol–water partition coefficient (Wildman–Crippen LogP) is -7.65. The largest absolute Gasteiger partial charge is 1.00 e. The van der Waals surface area contributed by atoms with Gasteiger partial charge in [-0.15, -0.1) is 0 Å². The Balaban J connectivity index is 0.00000312. The number of benzene rings is 2. The van der Waals surface area contributed by atoms with Gasteiger partial charge in [0.05, 0.1) is 29.9 Å². The molecular formula is C15H13NNa2O7S. The molecule has 0 atom stereocenters. The number of carbonyl (C=O) groups is 2. The molecule has 2 aromatic rings. The number of hydrogen-bond donors (Lipinski definition) is 1. The molecule has 1 N–H and O–H groups in total. The molecule has 0 aliphatic rings. The minimum Gasteiger partial charge on any atom is -0.549 e. The number of phenolic OH excluding ortho intramolecular Hbond substituents is 1. The number of carbonyl (C=O) groups excluding carboxylic acids is 2. The molecule has 0 unspecified atom stereocenters. The van der Waals surface area contributed by atoms with E-state index in [1.54, 1.807) is 13.0 Å². The van der Waals surface area contributed by atoms with Crippen molar-refractivity contribution in [3.05, 3.63) is 35.9 Å². The summed E-state index contributed by atoms with van der Waals surface area (Å²) >= 11 is 0. The van der Waals surface area contributed by atoms with Gasteiger partial charge < -0.3 is 24.9 Å². The summed E-state index contributed by atoms with van der Waals surface area (Å²) in [5, 5.41) is 32.3. The summed E-state index contributed by atoms with van der Waals surface area (Å²) in [5.41, 5.74) is 0.441. The second-order valence-corrected chi connectivity index (χ2v) is 7.05. The Morgan fingerprint density at radius 2 is 1.54 bits per heavy atom. The van der Waals surface area contributed by atoms with Crippen molar-refractivity contribution in [3.8, 4) is 5.75 Å². The number of phenols is 1. The Bertz CT molecular complexity index is 915. The average Bonchev–Trinajstić information content (AvgIpc) is 2.49. The molecule has 0 saturated heterocycles. The van der Waals surface area contributed by atoms with E-state index in [2.05, 4.69) is 0 Å². The molecule has 0 saturated carbocycles. The zero-order valence-electron chi connectivity index (χ0n) is 14.6. The summed E-state index contributed by atoms with van der Waals surface area (Å²) in [7, 11) is -4.40.